The lowest BCUT2D eigenvalue weighted by molar-refractivity contribution is -0.139. The molecule has 110 valence electrons. The fraction of sp³-hybridized carbons (Fsp3) is 0.200. The molecule has 6 heteroatoms. The van der Waals surface area contributed by atoms with Gasteiger partial charge in [0.15, 0.2) is 4.75 Å². The maximum Gasteiger partial charge on any atom is 0.331 e. The third-order valence-corrected chi connectivity index (χ3v) is 5.55. The fourth-order valence-corrected chi connectivity index (χ4v) is 3.97. The van der Waals surface area contributed by atoms with Crippen molar-refractivity contribution in [2.24, 2.45) is 5.92 Å². The Morgan fingerprint density at radius 1 is 1.19 bits per heavy atom. The Morgan fingerprint density at radius 2 is 1.81 bits per heavy atom. The van der Waals surface area contributed by atoms with Crippen LogP contribution in [0.1, 0.15) is 6.92 Å². The van der Waals surface area contributed by atoms with E-state index in [4.69, 9.17) is 0 Å². The number of carbonyl (C=O) groups is 2. The van der Waals surface area contributed by atoms with E-state index in [2.05, 4.69) is 0 Å². The van der Waals surface area contributed by atoms with Gasteiger partial charge in [0.25, 0.3) is 0 Å². The SMILES string of the molecule is CC1C(C(=O)O)=CC=CC1(C(=O)O)S(=O)c1ccccc1. The summed E-state index contributed by atoms with van der Waals surface area (Å²) in [4.78, 5) is 23.4. The standard InChI is InChI=1S/C15H14O5S/c1-10-12(13(16)17)8-5-9-15(10,14(18)19)21(20)11-6-3-2-4-7-11/h2-10H,1H3,(H,16,17)(H,18,19). The molecule has 2 N–H and O–H groups in total. The highest BCUT2D eigenvalue weighted by Crippen LogP contribution is 2.38. The Labute approximate surface area is 124 Å². The molecule has 0 saturated carbocycles. The molecule has 0 heterocycles. The first-order chi connectivity index (χ1) is 9.91. The zero-order valence-corrected chi connectivity index (χ0v) is 12.0. The van der Waals surface area contributed by atoms with Crippen molar-refractivity contribution in [2.75, 3.05) is 0 Å². The van der Waals surface area contributed by atoms with Crippen molar-refractivity contribution in [3.05, 3.63) is 54.1 Å². The van der Waals surface area contributed by atoms with Crippen LogP contribution in [0.5, 0.6) is 0 Å². The van der Waals surface area contributed by atoms with Crippen molar-refractivity contribution in [2.45, 2.75) is 16.6 Å². The summed E-state index contributed by atoms with van der Waals surface area (Å²) in [7, 11) is -1.92. The topological polar surface area (TPSA) is 91.7 Å². The van der Waals surface area contributed by atoms with E-state index in [-0.39, 0.29) is 5.57 Å². The summed E-state index contributed by atoms with van der Waals surface area (Å²) in [6.07, 6.45) is 4.00. The molecule has 1 aliphatic rings. The van der Waals surface area contributed by atoms with Crippen LogP contribution >= 0.6 is 0 Å². The van der Waals surface area contributed by atoms with Crippen LogP contribution in [0.25, 0.3) is 0 Å². The molecule has 1 aromatic rings. The van der Waals surface area contributed by atoms with E-state index >= 15 is 0 Å². The number of rotatable bonds is 4. The Kier molecular flexibility index (Phi) is 4.09. The Balaban J connectivity index is 2.56. The highest BCUT2D eigenvalue weighted by molar-refractivity contribution is 7.87. The summed E-state index contributed by atoms with van der Waals surface area (Å²) in [5.74, 6) is -3.43. The second-order valence-corrected chi connectivity index (χ2v) is 6.37. The highest BCUT2D eigenvalue weighted by Gasteiger charge is 2.51. The normalized spacial score (nSPS) is 26.0. The first-order valence-corrected chi connectivity index (χ1v) is 7.39. The Morgan fingerprint density at radius 3 is 2.33 bits per heavy atom. The van der Waals surface area contributed by atoms with E-state index < -0.39 is 33.4 Å². The number of carboxylic acids is 2. The van der Waals surface area contributed by atoms with E-state index in [0.29, 0.717) is 4.90 Å². The van der Waals surface area contributed by atoms with Crippen molar-refractivity contribution >= 4 is 22.7 Å². The van der Waals surface area contributed by atoms with Crippen LogP contribution in [0.3, 0.4) is 0 Å². The first kappa shape index (κ1) is 15.2. The number of hydrogen-bond donors (Lipinski definition) is 2. The minimum Gasteiger partial charge on any atom is -0.480 e. The van der Waals surface area contributed by atoms with Crippen molar-refractivity contribution < 1.29 is 24.0 Å². The maximum atomic E-state index is 12.8. The van der Waals surface area contributed by atoms with E-state index in [9.17, 15) is 24.0 Å². The molecule has 0 saturated heterocycles. The minimum atomic E-state index is -1.92. The van der Waals surface area contributed by atoms with Crippen molar-refractivity contribution in [1.29, 1.82) is 0 Å². The molecule has 0 aliphatic heterocycles. The highest BCUT2D eigenvalue weighted by atomic mass is 32.2. The fourth-order valence-electron chi connectivity index (χ4n) is 2.37. The number of benzene rings is 1. The predicted octanol–water partition coefficient (Wildman–Crippen LogP) is 1.83. The molecule has 0 amide bonds. The van der Waals surface area contributed by atoms with Crippen LogP contribution in [-0.2, 0) is 20.4 Å². The first-order valence-electron chi connectivity index (χ1n) is 6.24. The van der Waals surface area contributed by atoms with Gasteiger partial charge in [-0.3, -0.25) is 9.00 Å². The smallest absolute Gasteiger partial charge is 0.331 e. The second kappa shape index (κ2) is 5.65. The number of aliphatic carboxylic acids is 2. The molecule has 3 unspecified atom stereocenters. The van der Waals surface area contributed by atoms with Crippen LogP contribution < -0.4 is 0 Å². The van der Waals surface area contributed by atoms with Gasteiger partial charge in [0.2, 0.25) is 0 Å². The van der Waals surface area contributed by atoms with E-state index in [1.54, 1.807) is 30.3 Å². The van der Waals surface area contributed by atoms with E-state index in [1.807, 2.05) is 0 Å². The monoisotopic (exact) mass is 306 g/mol. The predicted molar refractivity (Wildman–Crippen MR) is 77.2 cm³/mol. The van der Waals surface area contributed by atoms with E-state index in [0.717, 1.165) is 0 Å². The van der Waals surface area contributed by atoms with Gasteiger partial charge >= 0.3 is 11.9 Å². The van der Waals surface area contributed by atoms with Gasteiger partial charge < -0.3 is 10.2 Å². The van der Waals surface area contributed by atoms with Gasteiger partial charge in [-0.15, -0.1) is 0 Å². The molecule has 0 spiro atoms. The summed E-state index contributed by atoms with van der Waals surface area (Å²) in [6, 6.07) is 8.19. The van der Waals surface area contributed by atoms with Crippen molar-refractivity contribution in [3.8, 4) is 0 Å². The molecule has 0 radical (unpaired) electrons. The molecule has 0 bridgehead atoms. The van der Waals surface area contributed by atoms with Crippen molar-refractivity contribution in [1.82, 2.24) is 0 Å². The van der Waals surface area contributed by atoms with Gasteiger partial charge in [0.1, 0.15) is 0 Å². The minimum absolute atomic E-state index is 0.0656. The summed E-state index contributed by atoms with van der Waals surface area (Å²) in [5.41, 5.74) is -0.0656. The maximum absolute atomic E-state index is 12.8. The number of carboxylic acid groups (broad SMARTS) is 2. The van der Waals surface area contributed by atoms with Crippen LogP contribution in [0.4, 0.5) is 0 Å². The lowest BCUT2D eigenvalue weighted by Crippen LogP contribution is -2.49. The average molecular weight is 306 g/mol. The third-order valence-electron chi connectivity index (χ3n) is 3.57. The van der Waals surface area contributed by atoms with Gasteiger partial charge in [0, 0.05) is 16.4 Å². The van der Waals surface area contributed by atoms with Crippen LogP contribution in [0.15, 0.2) is 59.0 Å². The molecule has 1 aromatic carbocycles. The zero-order chi connectivity index (χ0) is 15.6. The quantitative estimate of drug-likeness (QED) is 0.885. The molecule has 0 aromatic heterocycles. The van der Waals surface area contributed by atoms with Gasteiger partial charge in [-0.05, 0) is 12.1 Å². The molecular weight excluding hydrogens is 292 g/mol. The summed E-state index contributed by atoms with van der Waals surface area (Å²) in [5, 5.41) is 18.8. The lowest BCUT2D eigenvalue weighted by atomic mass is 9.82. The molecule has 2 rings (SSSR count). The van der Waals surface area contributed by atoms with Gasteiger partial charge in [-0.1, -0.05) is 43.4 Å². The zero-order valence-electron chi connectivity index (χ0n) is 11.2. The largest absolute Gasteiger partial charge is 0.480 e. The van der Waals surface area contributed by atoms with Gasteiger partial charge in [0.05, 0.1) is 10.8 Å². The van der Waals surface area contributed by atoms with Crippen LogP contribution in [-0.4, -0.2) is 31.1 Å². The van der Waals surface area contributed by atoms with Crippen LogP contribution in [0, 0.1) is 5.92 Å². The molecule has 5 nitrogen and oxygen atoms in total. The van der Waals surface area contributed by atoms with Crippen molar-refractivity contribution in [3.63, 3.8) is 0 Å². The molecular formula is C15H14O5S. The summed E-state index contributed by atoms with van der Waals surface area (Å²) in [6.45, 7) is 1.47. The molecule has 21 heavy (non-hydrogen) atoms. The number of hydrogen-bond acceptors (Lipinski definition) is 3. The lowest BCUT2D eigenvalue weighted by Gasteiger charge is -2.33. The second-order valence-electron chi connectivity index (χ2n) is 4.69. The Hall–Kier alpha value is -2.21. The summed E-state index contributed by atoms with van der Waals surface area (Å²) < 4.78 is 11.0. The molecule has 0 fully saturated rings. The van der Waals surface area contributed by atoms with Crippen LogP contribution in [0.2, 0.25) is 0 Å². The third kappa shape index (κ3) is 2.42. The van der Waals surface area contributed by atoms with Gasteiger partial charge in [-0.25, -0.2) is 4.79 Å². The molecule has 1 aliphatic carbocycles. The number of allylic oxidation sites excluding steroid dienone is 2. The summed E-state index contributed by atoms with van der Waals surface area (Å²) >= 11 is 0. The Bertz CT molecular complexity index is 662. The average Bonchev–Trinajstić information content (AvgIpc) is 2.47. The molecule has 3 atom stereocenters. The van der Waals surface area contributed by atoms with E-state index in [1.165, 1.54) is 25.2 Å². The van der Waals surface area contributed by atoms with Gasteiger partial charge in [-0.2, -0.15) is 0 Å².